The topological polar surface area (TPSA) is 32.3 Å². The number of hydrogen-bond donors (Lipinski definition) is 2. The van der Waals surface area contributed by atoms with E-state index in [1.54, 1.807) is 12.2 Å². The molecule has 1 heterocycles. The Kier molecular flexibility index (Phi) is 5.44. The zero-order chi connectivity index (χ0) is 12.9. The lowest BCUT2D eigenvalue weighted by Gasteiger charge is -2.43. The molecule has 17 heavy (non-hydrogen) atoms. The van der Waals surface area contributed by atoms with Gasteiger partial charge in [-0.1, -0.05) is 44.2 Å². The summed E-state index contributed by atoms with van der Waals surface area (Å²) < 4.78 is 0. The zero-order valence-electron chi connectivity index (χ0n) is 10.6. The summed E-state index contributed by atoms with van der Waals surface area (Å²) in [5.41, 5.74) is -0.632. The minimum atomic E-state index is -0.632. The van der Waals surface area contributed by atoms with Gasteiger partial charge in [0.25, 0.3) is 0 Å². The molecule has 1 aliphatic heterocycles. The van der Waals surface area contributed by atoms with E-state index in [0.717, 1.165) is 13.1 Å². The molecule has 96 valence electrons. The van der Waals surface area contributed by atoms with Gasteiger partial charge >= 0.3 is 0 Å². The van der Waals surface area contributed by atoms with Crippen molar-refractivity contribution >= 4 is 11.6 Å². The average molecular weight is 256 g/mol. The Hall–Kier alpha value is -0.570. The lowest BCUT2D eigenvalue weighted by molar-refractivity contribution is -0.0712. The number of halogens is 1. The lowest BCUT2D eigenvalue weighted by atomic mass is 9.73. The normalized spacial score (nSPS) is 35.2. The molecular weight excluding hydrogens is 234 g/mol. The predicted octanol–water partition coefficient (Wildman–Crippen LogP) is 2.85. The molecule has 0 radical (unpaired) electrons. The van der Waals surface area contributed by atoms with E-state index < -0.39 is 5.60 Å². The second-order valence-electron chi connectivity index (χ2n) is 4.85. The molecule has 3 heteroatoms. The van der Waals surface area contributed by atoms with Crippen molar-refractivity contribution in [1.82, 2.24) is 5.32 Å². The number of aliphatic hydroxyl groups is 1. The monoisotopic (exact) mass is 255 g/mol. The first-order chi connectivity index (χ1) is 8.00. The molecule has 0 aromatic heterocycles. The van der Waals surface area contributed by atoms with Gasteiger partial charge in [0, 0.05) is 18.1 Å². The molecule has 1 saturated heterocycles. The molecule has 0 aromatic rings. The highest BCUT2D eigenvalue weighted by molar-refractivity contribution is 6.31. The van der Waals surface area contributed by atoms with Crippen molar-refractivity contribution in [1.29, 1.82) is 0 Å². The second-order valence-corrected chi connectivity index (χ2v) is 5.28. The van der Waals surface area contributed by atoms with Crippen molar-refractivity contribution in [2.24, 2.45) is 11.8 Å². The highest BCUT2D eigenvalue weighted by Gasteiger charge is 2.40. The molecular formula is C14H22ClNO. The fourth-order valence-electron chi connectivity index (χ4n) is 2.29. The number of rotatable bonds is 4. The zero-order valence-corrected chi connectivity index (χ0v) is 11.4. The molecule has 1 aliphatic rings. The van der Waals surface area contributed by atoms with Crippen LogP contribution in [0.1, 0.15) is 20.3 Å². The van der Waals surface area contributed by atoms with Crippen LogP contribution in [0.25, 0.3) is 0 Å². The molecule has 0 saturated carbocycles. The third kappa shape index (κ3) is 3.70. The molecule has 0 aromatic carbocycles. The van der Waals surface area contributed by atoms with Crippen LogP contribution in [-0.2, 0) is 0 Å². The van der Waals surface area contributed by atoms with Gasteiger partial charge in [0.05, 0.1) is 5.60 Å². The van der Waals surface area contributed by atoms with Gasteiger partial charge in [-0.05, 0) is 30.4 Å². The van der Waals surface area contributed by atoms with E-state index in [1.807, 2.05) is 12.2 Å². The van der Waals surface area contributed by atoms with Crippen LogP contribution in [0.15, 0.2) is 35.9 Å². The number of piperidine rings is 1. The third-order valence-corrected chi connectivity index (χ3v) is 3.86. The van der Waals surface area contributed by atoms with Gasteiger partial charge in [0.2, 0.25) is 0 Å². The standard InChI is InChI=1S/C14H22ClNO/c1-4-6-13(15)7-5-8-14(17)11(2)9-16-10-12(14)3/h4-7,11-12,16-17H,1,8-10H2,2-3H3/b7-5-,13-6+. The summed E-state index contributed by atoms with van der Waals surface area (Å²) in [5.74, 6) is 0.496. The van der Waals surface area contributed by atoms with E-state index in [-0.39, 0.29) is 11.8 Å². The number of nitrogens with one attached hydrogen (secondary N) is 1. The maximum absolute atomic E-state index is 10.7. The summed E-state index contributed by atoms with van der Waals surface area (Å²) in [4.78, 5) is 0. The van der Waals surface area contributed by atoms with Crippen molar-refractivity contribution in [3.63, 3.8) is 0 Å². The molecule has 2 atom stereocenters. The Bertz CT molecular complexity index is 312. The predicted molar refractivity (Wildman–Crippen MR) is 74.0 cm³/mol. The van der Waals surface area contributed by atoms with Crippen LogP contribution in [0.4, 0.5) is 0 Å². The Morgan fingerprint density at radius 3 is 2.59 bits per heavy atom. The van der Waals surface area contributed by atoms with E-state index >= 15 is 0 Å². The van der Waals surface area contributed by atoms with Crippen LogP contribution in [0, 0.1) is 11.8 Å². The Labute approximate surface area is 109 Å². The maximum atomic E-state index is 10.7. The highest BCUT2D eigenvalue weighted by atomic mass is 35.5. The largest absolute Gasteiger partial charge is 0.389 e. The number of hydrogen-bond acceptors (Lipinski definition) is 2. The number of allylic oxidation sites excluding steroid dienone is 4. The first kappa shape index (κ1) is 14.5. The molecule has 0 bridgehead atoms. The van der Waals surface area contributed by atoms with Gasteiger partial charge in [0.1, 0.15) is 0 Å². The Morgan fingerprint density at radius 1 is 1.47 bits per heavy atom. The average Bonchev–Trinajstić information content (AvgIpc) is 2.27. The SMILES string of the molecule is C=C/C=C(Cl)\C=C/CC1(O)C(C)CNCC1C. The molecule has 2 nitrogen and oxygen atoms in total. The van der Waals surface area contributed by atoms with Crippen LogP contribution in [0.3, 0.4) is 0 Å². The molecule has 1 fully saturated rings. The summed E-state index contributed by atoms with van der Waals surface area (Å²) in [6.07, 6.45) is 7.79. The van der Waals surface area contributed by atoms with Crippen LogP contribution in [0.2, 0.25) is 0 Å². The molecule has 2 N–H and O–H groups in total. The van der Waals surface area contributed by atoms with Gasteiger partial charge in [-0.15, -0.1) is 0 Å². The summed E-state index contributed by atoms with van der Waals surface area (Å²) in [7, 11) is 0. The quantitative estimate of drug-likeness (QED) is 0.758. The molecule has 0 spiro atoms. The van der Waals surface area contributed by atoms with E-state index in [9.17, 15) is 5.11 Å². The molecule has 1 rings (SSSR count). The van der Waals surface area contributed by atoms with Gasteiger partial charge in [-0.25, -0.2) is 0 Å². The first-order valence-corrected chi connectivity index (χ1v) is 6.46. The van der Waals surface area contributed by atoms with Crippen molar-refractivity contribution in [2.45, 2.75) is 25.9 Å². The molecule has 0 amide bonds. The van der Waals surface area contributed by atoms with E-state index in [4.69, 9.17) is 11.6 Å². The van der Waals surface area contributed by atoms with Crippen LogP contribution in [0.5, 0.6) is 0 Å². The lowest BCUT2D eigenvalue weighted by Crippen LogP contribution is -2.54. The minimum Gasteiger partial charge on any atom is -0.389 e. The van der Waals surface area contributed by atoms with Crippen molar-refractivity contribution in [3.8, 4) is 0 Å². The molecule has 2 unspecified atom stereocenters. The Morgan fingerprint density at radius 2 is 2.06 bits per heavy atom. The van der Waals surface area contributed by atoms with Gasteiger partial charge in [-0.3, -0.25) is 0 Å². The maximum Gasteiger partial charge on any atom is 0.0757 e. The second kappa shape index (κ2) is 6.39. The minimum absolute atomic E-state index is 0.248. The third-order valence-electron chi connectivity index (χ3n) is 3.61. The van der Waals surface area contributed by atoms with Crippen molar-refractivity contribution in [2.75, 3.05) is 13.1 Å². The van der Waals surface area contributed by atoms with Gasteiger partial charge < -0.3 is 10.4 Å². The van der Waals surface area contributed by atoms with Crippen LogP contribution in [-0.4, -0.2) is 23.8 Å². The summed E-state index contributed by atoms with van der Waals surface area (Å²) in [6.45, 7) is 9.48. The highest BCUT2D eigenvalue weighted by Crippen LogP contribution is 2.32. The van der Waals surface area contributed by atoms with Gasteiger partial charge in [0.15, 0.2) is 0 Å². The van der Waals surface area contributed by atoms with E-state index in [2.05, 4.69) is 25.7 Å². The summed E-state index contributed by atoms with van der Waals surface area (Å²) in [5, 5.41) is 14.6. The van der Waals surface area contributed by atoms with Gasteiger partial charge in [-0.2, -0.15) is 0 Å². The fourth-order valence-corrected chi connectivity index (χ4v) is 2.46. The smallest absolute Gasteiger partial charge is 0.0757 e. The van der Waals surface area contributed by atoms with E-state index in [0.29, 0.717) is 11.5 Å². The first-order valence-electron chi connectivity index (χ1n) is 6.08. The van der Waals surface area contributed by atoms with Crippen LogP contribution >= 0.6 is 11.6 Å². The van der Waals surface area contributed by atoms with Crippen molar-refractivity contribution < 1.29 is 5.11 Å². The van der Waals surface area contributed by atoms with Crippen molar-refractivity contribution in [3.05, 3.63) is 35.9 Å². The summed E-state index contributed by atoms with van der Waals surface area (Å²) >= 11 is 5.93. The Balaban J connectivity index is 2.65. The van der Waals surface area contributed by atoms with Crippen LogP contribution < -0.4 is 5.32 Å². The fraction of sp³-hybridized carbons (Fsp3) is 0.571. The summed E-state index contributed by atoms with van der Waals surface area (Å²) in [6, 6.07) is 0. The molecule has 0 aliphatic carbocycles. The van der Waals surface area contributed by atoms with E-state index in [1.165, 1.54) is 0 Å².